The summed E-state index contributed by atoms with van der Waals surface area (Å²) in [5.41, 5.74) is 2.78. The first-order valence-electron chi connectivity index (χ1n) is 7.66. The van der Waals surface area contributed by atoms with E-state index >= 15 is 0 Å². The van der Waals surface area contributed by atoms with E-state index in [1.165, 1.54) is 0 Å². The highest BCUT2D eigenvalue weighted by Gasteiger charge is 2.15. The largest absolute Gasteiger partial charge is 0.383 e. The fourth-order valence-electron chi connectivity index (χ4n) is 2.76. The van der Waals surface area contributed by atoms with E-state index in [1.807, 2.05) is 64.8 Å². The number of hydrogen-bond acceptors (Lipinski definition) is 2. The second-order valence-electron chi connectivity index (χ2n) is 5.53. The molecular formula is C18H21N3O2. The van der Waals surface area contributed by atoms with Crippen molar-refractivity contribution in [2.75, 3.05) is 13.7 Å². The van der Waals surface area contributed by atoms with Crippen LogP contribution in [0.1, 0.15) is 16.2 Å². The molecule has 23 heavy (non-hydrogen) atoms. The van der Waals surface area contributed by atoms with Crippen LogP contribution in [0.5, 0.6) is 0 Å². The van der Waals surface area contributed by atoms with Crippen LogP contribution in [0.25, 0.3) is 10.9 Å². The number of ether oxygens (including phenoxy) is 1. The molecule has 0 spiro atoms. The highest BCUT2D eigenvalue weighted by molar-refractivity contribution is 5.98. The fourth-order valence-corrected chi connectivity index (χ4v) is 2.76. The minimum atomic E-state index is -0.0708. The zero-order chi connectivity index (χ0) is 16.2. The molecule has 0 aliphatic rings. The van der Waals surface area contributed by atoms with Gasteiger partial charge >= 0.3 is 0 Å². The van der Waals surface area contributed by atoms with Crippen LogP contribution in [-0.2, 0) is 24.9 Å². The lowest BCUT2D eigenvalue weighted by Gasteiger charge is -2.11. The van der Waals surface area contributed by atoms with E-state index < -0.39 is 0 Å². The molecule has 5 heteroatoms. The quantitative estimate of drug-likeness (QED) is 0.760. The molecule has 3 aromatic rings. The number of rotatable bonds is 6. The average Bonchev–Trinajstić information content (AvgIpc) is 3.14. The van der Waals surface area contributed by atoms with Gasteiger partial charge in [-0.05, 0) is 24.3 Å². The van der Waals surface area contributed by atoms with Crippen LogP contribution < -0.4 is 5.32 Å². The van der Waals surface area contributed by atoms with Crippen molar-refractivity contribution in [3.8, 4) is 0 Å². The Morgan fingerprint density at radius 2 is 2.04 bits per heavy atom. The number of para-hydroxylation sites is 1. The summed E-state index contributed by atoms with van der Waals surface area (Å²) < 4.78 is 9.19. The molecule has 0 aliphatic heterocycles. The van der Waals surface area contributed by atoms with Gasteiger partial charge in [0.1, 0.15) is 5.69 Å². The SMILES string of the molecule is COCCn1c(C(=O)NCc2cccn2C)cc2ccccc21. The summed E-state index contributed by atoms with van der Waals surface area (Å²) in [5, 5.41) is 4.06. The average molecular weight is 311 g/mol. The lowest BCUT2D eigenvalue weighted by Crippen LogP contribution is -2.26. The Bertz CT molecular complexity index is 817. The van der Waals surface area contributed by atoms with Crippen LogP contribution in [0.3, 0.4) is 0 Å². The van der Waals surface area contributed by atoms with Crippen molar-refractivity contribution in [1.29, 1.82) is 0 Å². The van der Waals surface area contributed by atoms with E-state index in [-0.39, 0.29) is 5.91 Å². The van der Waals surface area contributed by atoms with Gasteiger partial charge in [0, 0.05) is 43.5 Å². The molecule has 2 aromatic heterocycles. The van der Waals surface area contributed by atoms with Gasteiger partial charge in [0.25, 0.3) is 5.91 Å². The molecule has 0 unspecified atom stereocenters. The highest BCUT2D eigenvalue weighted by atomic mass is 16.5. The highest BCUT2D eigenvalue weighted by Crippen LogP contribution is 2.20. The fraction of sp³-hybridized carbons (Fsp3) is 0.278. The Kier molecular flexibility index (Phi) is 4.48. The molecule has 1 aromatic carbocycles. The van der Waals surface area contributed by atoms with Gasteiger partial charge in [-0.2, -0.15) is 0 Å². The van der Waals surface area contributed by atoms with Crippen LogP contribution in [-0.4, -0.2) is 28.8 Å². The first kappa shape index (κ1) is 15.4. The molecule has 2 heterocycles. The zero-order valence-corrected chi connectivity index (χ0v) is 13.5. The van der Waals surface area contributed by atoms with Gasteiger partial charge in [0.05, 0.1) is 13.2 Å². The lowest BCUT2D eigenvalue weighted by atomic mass is 10.2. The summed E-state index contributed by atoms with van der Waals surface area (Å²) in [6.07, 6.45) is 1.97. The lowest BCUT2D eigenvalue weighted by molar-refractivity contribution is 0.0938. The van der Waals surface area contributed by atoms with Crippen molar-refractivity contribution in [2.24, 2.45) is 7.05 Å². The molecule has 3 rings (SSSR count). The molecule has 0 radical (unpaired) electrons. The van der Waals surface area contributed by atoms with Gasteiger partial charge in [0.2, 0.25) is 0 Å². The summed E-state index contributed by atoms with van der Waals surface area (Å²) in [6, 6.07) is 13.9. The normalized spacial score (nSPS) is 11.0. The van der Waals surface area contributed by atoms with Gasteiger partial charge in [-0.25, -0.2) is 0 Å². The molecule has 1 amide bonds. The number of fused-ring (bicyclic) bond motifs is 1. The minimum Gasteiger partial charge on any atom is -0.383 e. The Labute approximate surface area is 135 Å². The second kappa shape index (κ2) is 6.71. The van der Waals surface area contributed by atoms with Gasteiger partial charge in [-0.3, -0.25) is 4.79 Å². The number of aryl methyl sites for hydroxylation is 1. The van der Waals surface area contributed by atoms with Crippen LogP contribution >= 0.6 is 0 Å². The summed E-state index contributed by atoms with van der Waals surface area (Å²) >= 11 is 0. The summed E-state index contributed by atoms with van der Waals surface area (Å²) in [7, 11) is 3.64. The van der Waals surface area contributed by atoms with E-state index in [2.05, 4.69) is 5.32 Å². The third kappa shape index (κ3) is 3.14. The van der Waals surface area contributed by atoms with Crippen LogP contribution in [0.2, 0.25) is 0 Å². The molecule has 120 valence electrons. The number of benzene rings is 1. The van der Waals surface area contributed by atoms with Crippen LogP contribution in [0, 0.1) is 0 Å². The number of nitrogens with one attached hydrogen (secondary N) is 1. The number of nitrogens with zero attached hydrogens (tertiary/aromatic N) is 2. The first-order valence-corrected chi connectivity index (χ1v) is 7.66. The summed E-state index contributed by atoms with van der Waals surface area (Å²) in [4.78, 5) is 12.6. The molecular weight excluding hydrogens is 290 g/mol. The molecule has 5 nitrogen and oxygen atoms in total. The number of amides is 1. The zero-order valence-electron chi connectivity index (χ0n) is 13.5. The third-order valence-electron chi connectivity index (χ3n) is 4.04. The maximum Gasteiger partial charge on any atom is 0.268 e. The van der Waals surface area contributed by atoms with Crippen LogP contribution in [0.15, 0.2) is 48.7 Å². The van der Waals surface area contributed by atoms with Gasteiger partial charge in [0.15, 0.2) is 0 Å². The van der Waals surface area contributed by atoms with Crippen LogP contribution in [0.4, 0.5) is 0 Å². The number of carbonyl (C=O) groups is 1. The van der Waals surface area contributed by atoms with Crippen molar-refractivity contribution >= 4 is 16.8 Å². The molecule has 0 aliphatic carbocycles. The summed E-state index contributed by atoms with van der Waals surface area (Å²) in [5.74, 6) is -0.0708. The molecule has 0 saturated heterocycles. The Morgan fingerprint density at radius 1 is 1.22 bits per heavy atom. The van der Waals surface area contributed by atoms with Crippen molar-refractivity contribution in [3.63, 3.8) is 0 Å². The second-order valence-corrected chi connectivity index (χ2v) is 5.53. The first-order chi connectivity index (χ1) is 11.2. The summed E-state index contributed by atoms with van der Waals surface area (Å²) in [6.45, 7) is 1.72. The minimum absolute atomic E-state index is 0.0708. The molecule has 1 N–H and O–H groups in total. The Morgan fingerprint density at radius 3 is 2.78 bits per heavy atom. The van der Waals surface area contributed by atoms with Crippen molar-refractivity contribution in [2.45, 2.75) is 13.1 Å². The standard InChI is InChI=1S/C18H21N3O2/c1-20-9-5-7-15(20)13-19-18(22)17-12-14-6-3-4-8-16(14)21(17)10-11-23-2/h3-9,12H,10-11,13H2,1-2H3,(H,19,22). The van der Waals surface area contributed by atoms with Crippen molar-refractivity contribution < 1.29 is 9.53 Å². The molecule has 0 bridgehead atoms. The maximum atomic E-state index is 12.6. The van der Waals surface area contributed by atoms with E-state index in [1.54, 1.807) is 7.11 Å². The molecule has 0 fully saturated rings. The number of methoxy groups -OCH3 is 1. The van der Waals surface area contributed by atoms with E-state index in [4.69, 9.17) is 4.74 Å². The van der Waals surface area contributed by atoms with E-state index in [0.717, 1.165) is 16.6 Å². The van der Waals surface area contributed by atoms with Gasteiger partial charge in [-0.1, -0.05) is 18.2 Å². The maximum absolute atomic E-state index is 12.6. The predicted octanol–water partition coefficient (Wildman–Crippen LogP) is 2.56. The number of aromatic nitrogens is 2. The smallest absolute Gasteiger partial charge is 0.268 e. The molecule has 0 atom stereocenters. The van der Waals surface area contributed by atoms with Gasteiger partial charge < -0.3 is 19.2 Å². The van der Waals surface area contributed by atoms with E-state index in [9.17, 15) is 4.79 Å². The Balaban J connectivity index is 1.85. The van der Waals surface area contributed by atoms with Crippen molar-refractivity contribution in [3.05, 3.63) is 60.0 Å². The molecule has 0 saturated carbocycles. The predicted molar refractivity (Wildman–Crippen MR) is 90.4 cm³/mol. The monoisotopic (exact) mass is 311 g/mol. The topological polar surface area (TPSA) is 48.2 Å². The van der Waals surface area contributed by atoms with E-state index in [0.29, 0.717) is 25.4 Å². The number of carbonyl (C=O) groups excluding carboxylic acids is 1. The van der Waals surface area contributed by atoms with Crippen molar-refractivity contribution in [1.82, 2.24) is 14.5 Å². The van der Waals surface area contributed by atoms with Gasteiger partial charge in [-0.15, -0.1) is 0 Å². The Hall–Kier alpha value is -2.53. The number of hydrogen-bond donors (Lipinski definition) is 1. The third-order valence-corrected chi connectivity index (χ3v) is 4.04.